The standard InChI is InChI=1S/C61H55N5O/c1-59(2,3)42-30-40(29-41(31-42)52-32-39(27-28-63-52)38-23-25-50-49-19-14-15-21-53(49)65(55(50)33-38)46-17-12-11-13-18-46)48-20-16-22-54-57(48)64-58(51-37-45(62-10)24-26-56(51)67)66(54)47-35-43(60(4,5)6)34-44(36-47)61(7,8)9/h11-37,67H,1-9H3. The molecule has 67 heavy (non-hydrogen) atoms. The molecule has 0 fully saturated rings. The lowest BCUT2D eigenvalue weighted by Crippen LogP contribution is -2.17. The minimum absolute atomic E-state index is 0.0668. The molecule has 0 saturated carbocycles. The van der Waals surface area contributed by atoms with E-state index in [4.69, 9.17) is 16.5 Å². The van der Waals surface area contributed by atoms with E-state index < -0.39 is 0 Å². The van der Waals surface area contributed by atoms with Gasteiger partial charge in [-0.3, -0.25) is 9.55 Å². The maximum absolute atomic E-state index is 11.5. The number of para-hydroxylation sites is 3. The second-order valence-corrected chi connectivity index (χ2v) is 20.9. The topological polar surface area (TPSA) is 60.2 Å². The highest BCUT2D eigenvalue weighted by Crippen LogP contribution is 2.43. The predicted molar refractivity (Wildman–Crippen MR) is 279 cm³/mol. The number of pyridine rings is 1. The van der Waals surface area contributed by atoms with Gasteiger partial charge in [-0.1, -0.05) is 141 Å². The Labute approximate surface area is 393 Å². The Kier molecular flexibility index (Phi) is 10.3. The largest absolute Gasteiger partial charge is 0.507 e. The highest BCUT2D eigenvalue weighted by Gasteiger charge is 2.26. The number of fused-ring (bicyclic) bond motifs is 4. The Morgan fingerprint density at radius 1 is 0.478 bits per heavy atom. The van der Waals surface area contributed by atoms with Crippen LogP contribution in [0.2, 0.25) is 0 Å². The lowest BCUT2D eigenvalue weighted by atomic mass is 9.80. The minimum atomic E-state index is -0.181. The average molecular weight is 874 g/mol. The second-order valence-electron chi connectivity index (χ2n) is 20.9. The van der Waals surface area contributed by atoms with E-state index in [0.717, 1.165) is 61.4 Å². The van der Waals surface area contributed by atoms with Crippen molar-refractivity contribution in [3.63, 3.8) is 0 Å². The lowest BCUT2D eigenvalue weighted by molar-refractivity contribution is 0.477. The molecule has 0 spiro atoms. The maximum Gasteiger partial charge on any atom is 0.188 e. The number of aromatic nitrogens is 4. The van der Waals surface area contributed by atoms with Crippen LogP contribution in [0.5, 0.6) is 5.75 Å². The first-order valence-electron chi connectivity index (χ1n) is 23.1. The van der Waals surface area contributed by atoms with Crippen molar-refractivity contribution in [3.05, 3.63) is 192 Å². The number of aromatic hydroxyl groups is 1. The fourth-order valence-electron chi connectivity index (χ4n) is 9.29. The summed E-state index contributed by atoms with van der Waals surface area (Å²) < 4.78 is 4.52. The van der Waals surface area contributed by atoms with E-state index in [0.29, 0.717) is 17.1 Å². The Morgan fingerprint density at radius 3 is 1.84 bits per heavy atom. The van der Waals surface area contributed by atoms with Crippen molar-refractivity contribution in [3.8, 4) is 62.0 Å². The van der Waals surface area contributed by atoms with E-state index >= 15 is 0 Å². The molecule has 0 aliphatic heterocycles. The van der Waals surface area contributed by atoms with Crippen LogP contribution in [0.25, 0.3) is 94.0 Å². The highest BCUT2D eigenvalue weighted by atomic mass is 16.3. The zero-order valence-electron chi connectivity index (χ0n) is 39.8. The van der Waals surface area contributed by atoms with Gasteiger partial charge in [-0.15, -0.1) is 0 Å². The molecule has 7 aromatic carbocycles. The molecule has 0 radical (unpaired) electrons. The van der Waals surface area contributed by atoms with Gasteiger partial charge < -0.3 is 9.67 Å². The molecule has 1 N–H and O–H groups in total. The zero-order chi connectivity index (χ0) is 47.0. The third kappa shape index (κ3) is 7.85. The van der Waals surface area contributed by atoms with Gasteiger partial charge in [0, 0.05) is 45.0 Å². The first-order chi connectivity index (χ1) is 32.0. The van der Waals surface area contributed by atoms with E-state index in [1.165, 1.54) is 33.0 Å². The molecular formula is C61H55N5O. The van der Waals surface area contributed by atoms with Crippen molar-refractivity contribution in [2.24, 2.45) is 0 Å². The number of phenolic OH excluding ortho intramolecular Hbond substituents is 1. The summed E-state index contributed by atoms with van der Waals surface area (Å²) in [6.07, 6.45) is 1.92. The van der Waals surface area contributed by atoms with Crippen LogP contribution in [0.3, 0.4) is 0 Å². The van der Waals surface area contributed by atoms with Crippen LogP contribution in [0.1, 0.15) is 79.0 Å². The number of hydrogen-bond donors (Lipinski definition) is 1. The van der Waals surface area contributed by atoms with Gasteiger partial charge in [-0.2, -0.15) is 0 Å². The maximum atomic E-state index is 11.5. The molecule has 0 amide bonds. The molecule has 330 valence electrons. The van der Waals surface area contributed by atoms with Crippen LogP contribution in [-0.2, 0) is 16.2 Å². The Balaban J connectivity index is 1.17. The van der Waals surface area contributed by atoms with Crippen LogP contribution < -0.4 is 0 Å². The van der Waals surface area contributed by atoms with E-state index in [2.05, 4.69) is 216 Å². The summed E-state index contributed by atoms with van der Waals surface area (Å²) in [5, 5.41) is 14.0. The van der Waals surface area contributed by atoms with Gasteiger partial charge in [0.1, 0.15) is 11.6 Å². The van der Waals surface area contributed by atoms with Gasteiger partial charge in [-0.05, 0) is 128 Å². The molecule has 0 bridgehead atoms. The van der Waals surface area contributed by atoms with Gasteiger partial charge in [0.2, 0.25) is 0 Å². The molecule has 6 nitrogen and oxygen atoms in total. The number of hydrogen-bond acceptors (Lipinski definition) is 3. The summed E-state index contributed by atoms with van der Waals surface area (Å²) >= 11 is 0. The van der Waals surface area contributed by atoms with E-state index in [1.54, 1.807) is 18.2 Å². The van der Waals surface area contributed by atoms with E-state index in [-0.39, 0.29) is 22.0 Å². The lowest BCUT2D eigenvalue weighted by Gasteiger charge is -2.27. The third-order valence-corrected chi connectivity index (χ3v) is 13.1. The number of imidazole rings is 1. The van der Waals surface area contributed by atoms with Gasteiger partial charge >= 0.3 is 0 Å². The number of phenols is 1. The first kappa shape index (κ1) is 43.2. The molecule has 10 rings (SSSR count). The molecule has 0 aliphatic rings. The van der Waals surface area contributed by atoms with E-state index in [1.807, 2.05) is 6.20 Å². The average Bonchev–Trinajstić information content (AvgIpc) is 3.87. The summed E-state index contributed by atoms with van der Waals surface area (Å²) in [6, 6.07) is 55.2. The second kappa shape index (κ2) is 16.0. The SMILES string of the molecule is [C-]#[N+]c1ccc(O)c(-c2nc3c(-c4cc(-c5cc(-c6ccc7c8ccccc8n(-c8ccccc8)c7c6)ccn5)cc(C(C)(C)C)c4)cccc3n2-c2cc(C(C)(C)C)cc(C(C)(C)C)c2)c1. The van der Waals surface area contributed by atoms with Gasteiger partial charge in [0.05, 0.1) is 34.3 Å². The fourth-order valence-corrected chi connectivity index (χ4v) is 9.29. The van der Waals surface area contributed by atoms with Crippen LogP contribution in [0.4, 0.5) is 5.69 Å². The molecular weight excluding hydrogens is 819 g/mol. The molecule has 3 heterocycles. The number of nitrogens with zero attached hydrogens (tertiary/aromatic N) is 5. The summed E-state index contributed by atoms with van der Waals surface area (Å²) in [5.41, 5.74) is 16.2. The van der Waals surface area contributed by atoms with Gasteiger partial charge in [0.25, 0.3) is 0 Å². The monoisotopic (exact) mass is 873 g/mol. The van der Waals surface area contributed by atoms with Crippen molar-refractivity contribution in [2.45, 2.75) is 78.6 Å². The van der Waals surface area contributed by atoms with Crippen molar-refractivity contribution < 1.29 is 5.11 Å². The fraction of sp³-hybridized carbons (Fsp3) is 0.197. The third-order valence-electron chi connectivity index (χ3n) is 13.1. The zero-order valence-corrected chi connectivity index (χ0v) is 39.8. The molecule has 0 aliphatic carbocycles. The molecule has 0 unspecified atom stereocenters. The van der Waals surface area contributed by atoms with Crippen molar-refractivity contribution in [2.75, 3.05) is 0 Å². The van der Waals surface area contributed by atoms with Crippen LogP contribution >= 0.6 is 0 Å². The van der Waals surface area contributed by atoms with Crippen molar-refractivity contribution in [1.29, 1.82) is 0 Å². The minimum Gasteiger partial charge on any atom is -0.507 e. The molecule has 0 atom stereocenters. The summed E-state index contributed by atoms with van der Waals surface area (Å²) in [6.45, 7) is 28.0. The van der Waals surface area contributed by atoms with Crippen molar-refractivity contribution in [1.82, 2.24) is 19.1 Å². The molecule has 0 saturated heterocycles. The van der Waals surface area contributed by atoms with Gasteiger partial charge in [0.15, 0.2) is 5.69 Å². The Hall–Kier alpha value is -7.75. The van der Waals surface area contributed by atoms with Crippen LogP contribution in [0, 0.1) is 6.57 Å². The number of rotatable bonds is 6. The Bertz CT molecular complexity index is 3570. The summed E-state index contributed by atoms with van der Waals surface area (Å²) in [7, 11) is 0. The smallest absolute Gasteiger partial charge is 0.188 e. The molecule has 10 aromatic rings. The normalized spacial score (nSPS) is 12.3. The predicted octanol–water partition coefficient (Wildman–Crippen LogP) is 16.3. The molecule has 3 aromatic heterocycles. The first-order valence-corrected chi connectivity index (χ1v) is 23.1. The van der Waals surface area contributed by atoms with Crippen molar-refractivity contribution >= 4 is 38.5 Å². The van der Waals surface area contributed by atoms with Gasteiger partial charge in [-0.25, -0.2) is 9.83 Å². The highest BCUT2D eigenvalue weighted by molar-refractivity contribution is 6.10. The Morgan fingerprint density at radius 2 is 1.12 bits per heavy atom. The quantitative estimate of drug-likeness (QED) is 0.169. The molecule has 6 heteroatoms. The number of benzene rings is 7. The van der Waals surface area contributed by atoms with Crippen LogP contribution in [-0.4, -0.2) is 24.2 Å². The summed E-state index contributed by atoms with van der Waals surface area (Å²) in [4.78, 5) is 14.2. The summed E-state index contributed by atoms with van der Waals surface area (Å²) in [5.74, 6) is 0.637. The van der Waals surface area contributed by atoms with E-state index in [9.17, 15) is 5.11 Å². The van der Waals surface area contributed by atoms with Crippen LogP contribution in [0.15, 0.2) is 164 Å².